The Kier molecular flexibility index (Phi) is 17.8. The Balaban J connectivity index is 1.73. The lowest BCUT2D eigenvalue weighted by atomic mass is 9.87. The van der Waals surface area contributed by atoms with Crippen LogP contribution in [-0.4, -0.2) is 89.1 Å². The third-order valence-electron chi connectivity index (χ3n) is 9.79. The van der Waals surface area contributed by atoms with Crippen molar-refractivity contribution in [2.75, 3.05) is 19.6 Å². The molecular formula is C40H58N6O7. The number of piperidine rings is 1. The first kappa shape index (κ1) is 42.9. The van der Waals surface area contributed by atoms with Gasteiger partial charge in [-0.25, -0.2) is 0 Å². The lowest BCUT2D eigenvalue weighted by Crippen LogP contribution is -2.53. The summed E-state index contributed by atoms with van der Waals surface area (Å²) in [5.41, 5.74) is 19.2. The normalized spacial score (nSPS) is 16.2. The fourth-order valence-electron chi connectivity index (χ4n) is 6.74. The molecule has 1 aliphatic rings. The number of carboxylic acids is 1. The Morgan fingerprint density at radius 3 is 1.91 bits per heavy atom. The number of nitrogens with one attached hydrogen (secondary N) is 2. The van der Waals surface area contributed by atoms with E-state index in [9.17, 15) is 28.8 Å². The van der Waals surface area contributed by atoms with Gasteiger partial charge >= 0.3 is 5.97 Å². The van der Waals surface area contributed by atoms with Gasteiger partial charge in [0, 0.05) is 31.8 Å². The van der Waals surface area contributed by atoms with Gasteiger partial charge in [0.2, 0.25) is 17.7 Å². The molecule has 0 saturated carbocycles. The molecule has 1 aliphatic heterocycles. The van der Waals surface area contributed by atoms with E-state index >= 15 is 0 Å². The fourth-order valence-corrected chi connectivity index (χ4v) is 6.74. The van der Waals surface area contributed by atoms with Crippen LogP contribution in [0.15, 0.2) is 60.7 Å². The van der Waals surface area contributed by atoms with Gasteiger partial charge in [-0.1, -0.05) is 74.5 Å². The van der Waals surface area contributed by atoms with Crippen molar-refractivity contribution in [3.8, 4) is 0 Å². The smallest absolute Gasteiger partial charge is 0.328 e. The lowest BCUT2D eigenvalue weighted by Gasteiger charge is -2.35. The van der Waals surface area contributed by atoms with Crippen LogP contribution < -0.4 is 27.8 Å². The summed E-state index contributed by atoms with van der Waals surface area (Å²) < 4.78 is 0. The number of benzene rings is 2. The highest BCUT2D eigenvalue weighted by Gasteiger charge is 2.34. The second-order valence-electron chi connectivity index (χ2n) is 14.6. The number of carbonyl (C=O) groups is 6. The van der Waals surface area contributed by atoms with Gasteiger partial charge in [0.15, 0.2) is 17.6 Å². The number of Topliss-reactive ketones (excluding diaryl/α,β-unsaturated/α-hetero) is 2. The van der Waals surface area contributed by atoms with Crippen molar-refractivity contribution >= 4 is 35.3 Å². The number of rotatable bonds is 22. The number of hydrogen-bond acceptors (Lipinski definition) is 9. The molecule has 0 bridgehead atoms. The van der Waals surface area contributed by atoms with E-state index in [1.54, 1.807) is 4.90 Å². The number of unbranched alkanes of at least 4 members (excludes halogenated alkanes) is 1. The van der Waals surface area contributed by atoms with Crippen molar-refractivity contribution in [2.24, 2.45) is 35.0 Å². The zero-order valence-corrected chi connectivity index (χ0v) is 31.1. The average Bonchev–Trinajstić information content (AvgIpc) is 3.14. The van der Waals surface area contributed by atoms with Crippen molar-refractivity contribution in [1.29, 1.82) is 0 Å². The van der Waals surface area contributed by atoms with Crippen molar-refractivity contribution < 1.29 is 33.9 Å². The van der Waals surface area contributed by atoms with Crippen molar-refractivity contribution in [3.05, 3.63) is 71.8 Å². The highest BCUT2D eigenvalue weighted by Crippen LogP contribution is 2.24. The summed E-state index contributed by atoms with van der Waals surface area (Å²) in [7, 11) is 0. The molecule has 13 heteroatoms. The van der Waals surface area contributed by atoms with Crippen molar-refractivity contribution in [2.45, 2.75) is 102 Å². The molecule has 1 fully saturated rings. The van der Waals surface area contributed by atoms with Crippen LogP contribution in [0.5, 0.6) is 0 Å². The van der Waals surface area contributed by atoms with Crippen LogP contribution in [0.4, 0.5) is 0 Å². The molecule has 3 amide bonds. The molecule has 5 atom stereocenters. The van der Waals surface area contributed by atoms with Crippen LogP contribution in [-0.2, 0) is 41.6 Å². The summed E-state index contributed by atoms with van der Waals surface area (Å²) in [6.07, 6.45) is 3.43. The number of carbonyl (C=O) groups excluding carboxylic acids is 5. The zero-order valence-electron chi connectivity index (χ0n) is 31.1. The van der Waals surface area contributed by atoms with Crippen LogP contribution in [0.2, 0.25) is 0 Å². The largest absolute Gasteiger partial charge is 0.480 e. The summed E-state index contributed by atoms with van der Waals surface area (Å²) in [4.78, 5) is 80.2. The molecule has 1 unspecified atom stereocenters. The number of likely N-dealkylation sites (tertiary alicyclic amines) is 1. The molecule has 0 aromatic heterocycles. The Morgan fingerprint density at radius 1 is 0.792 bits per heavy atom. The Labute approximate surface area is 312 Å². The minimum Gasteiger partial charge on any atom is -0.480 e. The molecule has 13 nitrogen and oxygen atoms in total. The van der Waals surface area contributed by atoms with Gasteiger partial charge in [-0.2, -0.15) is 0 Å². The molecule has 1 saturated heterocycles. The maximum atomic E-state index is 14.0. The Hall–Kier alpha value is -4.46. The minimum absolute atomic E-state index is 0.0295. The first-order valence-corrected chi connectivity index (χ1v) is 18.8. The third-order valence-corrected chi connectivity index (χ3v) is 9.79. The van der Waals surface area contributed by atoms with Gasteiger partial charge in [0.05, 0.1) is 12.1 Å². The highest BCUT2D eigenvalue weighted by molar-refractivity contribution is 6.02. The first-order valence-electron chi connectivity index (χ1n) is 18.8. The molecule has 53 heavy (non-hydrogen) atoms. The van der Waals surface area contributed by atoms with E-state index in [1.165, 1.54) is 0 Å². The molecule has 2 aromatic rings. The van der Waals surface area contributed by atoms with Crippen LogP contribution >= 0.6 is 0 Å². The van der Waals surface area contributed by atoms with Crippen LogP contribution in [0.3, 0.4) is 0 Å². The van der Waals surface area contributed by atoms with Gasteiger partial charge in [0.25, 0.3) is 0 Å². The van der Waals surface area contributed by atoms with Gasteiger partial charge in [-0.3, -0.25) is 28.8 Å². The second-order valence-corrected chi connectivity index (χ2v) is 14.6. The number of nitrogens with zero attached hydrogens (tertiary/aromatic N) is 1. The van der Waals surface area contributed by atoms with Gasteiger partial charge in [-0.15, -0.1) is 0 Å². The predicted molar refractivity (Wildman–Crippen MR) is 202 cm³/mol. The van der Waals surface area contributed by atoms with Gasteiger partial charge < -0.3 is 37.8 Å². The molecule has 3 rings (SSSR count). The number of hydrogen-bond donors (Lipinski definition) is 6. The Morgan fingerprint density at radius 2 is 1.36 bits per heavy atom. The summed E-state index contributed by atoms with van der Waals surface area (Å²) in [6.45, 7) is 5.05. The maximum absolute atomic E-state index is 14.0. The van der Waals surface area contributed by atoms with E-state index in [4.69, 9.17) is 22.3 Å². The summed E-state index contributed by atoms with van der Waals surface area (Å²) in [5.74, 6) is -4.13. The molecule has 0 radical (unpaired) electrons. The fraction of sp³-hybridized carbons (Fsp3) is 0.550. The maximum Gasteiger partial charge on any atom is 0.328 e. The van der Waals surface area contributed by atoms with Crippen molar-refractivity contribution in [3.63, 3.8) is 0 Å². The van der Waals surface area contributed by atoms with E-state index in [2.05, 4.69) is 10.6 Å². The van der Waals surface area contributed by atoms with Crippen LogP contribution in [0.1, 0.15) is 76.3 Å². The van der Waals surface area contributed by atoms with Crippen molar-refractivity contribution in [1.82, 2.24) is 15.5 Å². The van der Waals surface area contributed by atoms with Gasteiger partial charge in [-0.05, 0) is 80.9 Å². The van der Waals surface area contributed by atoms with Crippen LogP contribution in [0.25, 0.3) is 0 Å². The topological polar surface area (TPSA) is 228 Å². The molecule has 290 valence electrons. The van der Waals surface area contributed by atoms with E-state index in [0.29, 0.717) is 64.6 Å². The lowest BCUT2D eigenvalue weighted by molar-refractivity contribution is -0.142. The summed E-state index contributed by atoms with van der Waals surface area (Å²) in [6, 6.07) is 14.5. The number of carboxylic acid groups (broad SMARTS) is 1. The molecule has 0 aliphatic carbocycles. The zero-order chi connectivity index (χ0) is 38.9. The number of amides is 3. The van der Waals surface area contributed by atoms with E-state index in [1.807, 2.05) is 74.5 Å². The highest BCUT2D eigenvalue weighted by atomic mass is 16.4. The first-order chi connectivity index (χ1) is 25.3. The summed E-state index contributed by atoms with van der Waals surface area (Å²) >= 11 is 0. The number of aliphatic carboxylic acids is 1. The molecule has 0 spiro atoms. The number of ketones is 2. The van der Waals surface area contributed by atoms with E-state index < -0.39 is 53.7 Å². The quantitative estimate of drug-likeness (QED) is 0.0763. The molecular weight excluding hydrogens is 676 g/mol. The molecule has 1 heterocycles. The molecule has 9 N–H and O–H groups in total. The van der Waals surface area contributed by atoms with Crippen LogP contribution in [0, 0.1) is 17.8 Å². The van der Waals surface area contributed by atoms with E-state index in [0.717, 1.165) is 11.1 Å². The summed E-state index contributed by atoms with van der Waals surface area (Å²) in [5, 5.41) is 14.9. The minimum atomic E-state index is -1.57. The standard InChI is InChI=1S/C40H58N6O7/c1-26(2)21-30(25-34(47)33(23-28-13-7-4-8-14-28)45-38(50)31(42)22-27-11-5-3-6-12-27)37(49)44-32(15-9-10-18-41)39(51)46-19-16-29(17-20-46)24-35(48)36(43)40(52)53/h3-8,11-14,26,29-33,36H,9-10,15-25,41-43H2,1-2H3,(H,44,49)(H,45,50)(H,52,53)/t30-,31+,32+,33+,36?/m0/s1. The third kappa shape index (κ3) is 14.5. The SMILES string of the molecule is CC(C)C[C@@H](CC(=O)[C@@H](Cc1ccccc1)NC(=O)[C@H](N)Cc1ccccc1)C(=O)N[C@H](CCCCN)C(=O)N1CCC(CC(=O)C(N)C(=O)O)CC1. The van der Waals surface area contributed by atoms with E-state index in [-0.39, 0.29) is 42.8 Å². The van der Waals surface area contributed by atoms with Gasteiger partial charge in [0.1, 0.15) is 6.04 Å². The average molecular weight is 735 g/mol. The monoisotopic (exact) mass is 734 g/mol. The molecule has 2 aromatic carbocycles. The second kappa shape index (κ2) is 21.9. The Bertz CT molecular complexity index is 1500. The number of nitrogens with two attached hydrogens (primary N) is 3. The predicted octanol–water partition coefficient (Wildman–Crippen LogP) is 2.13.